The molecular formula is C16H14N2O6S. The predicted molar refractivity (Wildman–Crippen MR) is 89.2 cm³/mol. The van der Waals surface area contributed by atoms with Gasteiger partial charge >= 0.3 is 5.97 Å². The Labute approximate surface area is 143 Å². The van der Waals surface area contributed by atoms with Gasteiger partial charge in [0.05, 0.1) is 25.2 Å². The van der Waals surface area contributed by atoms with Gasteiger partial charge in [0.2, 0.25) is 0 Å². The first-order chi connectivity index (χ1) is 12.0. The van der Waals surface area contributed by atoms with Gasteiger partial charge in [0, 0.05) is 0 Å². The Kier molecular flexibility index (Phi) is 4.32. The second-order valence-corrected chi connectivity index (χ2v) is 6.64. The lowest BCUT2D eigenvalue weighted by Gasteiger charge is -2.11. The number of sulfonamides is 1. The molecule has 0 saturated heterocycles. The van der Waals surface area contributed by atoms with Crippen LogP contribution in [0.15, 0.2) is 51.9 Å². The second-order valence-electron chi connectivity index (χ2n) is 4.99. The molecule has 0 amide bonds. The number of hydrogen-bond donors (Lipinski definition) is 1. The topological polar surface area (TPSA) is 108 Å². The molecule has 0 aliphatic carbocycles. The van der Waals surface area contributed by atoms with Gasteiger partial charge in [-0.3, -0.25) is 4.72 Å². The maximum absolute atomic E-state index is 12.8. The number of carbonyl (C=O) groups is 1. The minimum Gasteiger partial charge on any atom is -0.495 e. The van der Waals surface area contributed by atoms with Crippen LogP contribution >= 0.6 is 0 Å². The van der Waals surface area contributed by atoms with Gasteiger partial charge in [0.15, 0.2) is 11.4 Å². The highest BCUT2D eigenvalue weighted by Gasteiger charge is 2.24. The van der Waals surface area contributed by atoms with E-state index in [1.165, 1.54) is 32.4 Å². The minimum atomic E-state index is -4.09. The van der Waals surface area contributed by atoms with E-state index in [1.54, 1.807) is 24.3 Å². The fourth-order valence-corrected chi connectivity index (χ4v) is 3.48. The smallest absolute Gasteiger partial charge is 0.337 e. The van der Waals surface area contributed by atoms with Crippen LogP contribution in [-0.2, 0) is 14.8 Å². The molecule has 1 N–H and O–H groups in total. The number of fused-ring (bicyclic) bond motifs is 1. The Bertz CT molecular complexity index is 1040. The van der Waals surface area contributed by atoms with Gasteiger partial charge in [-0.25, -0.2) is 13.2 Å². The van der Waals surface area contributed by atoms with Crippen LogP contribution in [-0.4, -0.2) is 33.8 Å². The first-order valence-electron chi connectivity index (χ1n) is 7.10. The van der Waals surface area contributed by atoms with Crippen LogP contribution in [0, 0.1) is 0 Å². The summed E-state index contributed by atoms with van der Waals surface area (Å²) >= 11 is 0. The molecule has 0 atom stereocenters. The molecule has 0 fully saturated rings. The van der Waals surface area contributed by atoms with Gasteiger partial charge < -0.3 is 14.0 Å². The number of nitrogens with one attached hydrogen (secondary N) is 1. The van der Waals surface area contributed by atoms with Gasteiger partial charge in [-0.1, -0.05) is 17.3 Å². The largest absolute Gasteiger partial charge is 0.495 e. The highest BCUT2D eigenvalue weighted by molar-refractivity contribution is 7.92. The number of benzene rings is 2. The predicted octanol–water partition coefficient (Wildman–Crippen LogP) is 2.42. The summed E-state index contributed by atoms with van der Waals surface area (Å²) in [6, 6.07) is 10.8. The zero-order chi connectivity index (χ0) is 18.0. The van der Waals surface area contributed by atoms with Crippen LogP contribution in [0.1, 0.15) is 10.4 Å². The third kappa shape index (κ3) is 3.13. The number of methoxy groups -OCH3 is 2. The highest BCUT2D eigenvalue weighted by Crippen LogP contribution is 2.29. The first kappa shape index (κ1) is 16.8. The van der Waals surface area contributed by atoms with Crippen molar-refractivity contribution in [1.29, 1.82) is 0 Å². The monoisotopic (exact) mass is 362 g/mol. The van der Waals surface area contributed by atoms with Gasteiger partial charge in [-0.15, -0.1) is 0 Å². The lowest BCUT2D eigenvalue weighted by atomic mass is 10.2. The number of aromatic nitrogens is 1. The van der Waals surface area contributed by atoms with E-state index in [4.69, 9.17) is 9.26 Å². The van der Waals surface area contributed by atoms with Crippen LogP contribution in [0.3, 0.4) is 0 Å². The summed E-state index contributed by atoms with van der Waals surface area (Å²) in [6.45, 7) is 0. The molecule has 2 aromatic carbocycles. The molecule has 0 aliphatic rings. The van der Waals surface area contributed by atoms with E-state index in [2.05, 4.69) is 14.6 Å². The van der Waals surface area contributed by atoms with Crippen molar-refractivity contribution in [3.05, 3.63) is 48.0 Å². The van der Waals surface area contributed by atoms with E-state index >= 15 is 0 Å². The molecule has 8 nitrogen and oxygen atoms in total. The molecular weight excluding hydrogens is 348 g/mol. The number of carbonyl (C=O) groups excluding carboxylic acids is 1. The molecule has 1 aromatic heterocycles. The van der Waals surface area contributed by atoms with Crippen molar-refractivity contribution in [2.45, 2.75) is 4.90 Å². The summed E-state index contributed by atoms with van der Waals surface area (Å²) in [5.74, 6) is -0.542. The number of rotatable bonds is 5. The fraction of sp³-hybridized carbons (Fsp3) is 0.125. The SMILES string of the molecule is COC(=O)c1ccc(OC)c(S(=O)(=O)Nc2noc3ccccc23)c1. The third-order valence-electron chi connectivity index (χ3n) is 3.48. The Hall–Kier alpha value is -3.07. The number of anilines is 1. The maximum atomic E-state index is 12.8. The maximum Gasteiger partial charge on any atom is 0.337 e. The van der Waals surface area contributed by atoms with Crippen molar-refractivity contribution in [3.8, 4) is 5.75 Å². The van der Waals surface area contributed by atoms with E-state index in [9.17, 15) is 13.2 Å². The Balaban J connectivity index is 2.06. The zero-order valence-corrected chi connectivity index (χ0v) is 14.2. The molecule has 1 heterocycles. The number of ether oxygens (including phenoxy) is 2. The Morgan fingerprint density at radius 2 is 1.92 bits per heavy atom. The van der Waals surface area contributed by atoms with Crippen molar-refractivity contribution in [2.24, 2.45) is 0 Å². The van der Waals surface area contributed by atoms with Gasteiger partial charge in [0.25, 0.3) is 10.0 Å². The fourth-order valence-electron chi connectivity index (χ4n) is 2.27. The minimum absolute atomic E-state index is 0.0427. The molecule has 130 valence electrons. The molecule has 0 bridgehead atoms. The average Bonchev–Trinajstić information content (AvgIpc) is 3.03. The summed E-state index contributed by atoms with van der Waals surface area (Å²) < 4.78 is 42.7. The molecule has 0 radical (unpaired) electrons. The van der Waals surface area contributed by atoms with Gasteiger partial charge in [0.1, 0.15) is 10.6 Å². The van der Waals surface area contributed by atoms with Crippen molar-refractivity contribution in [2.75, 3.05) is 18.9 Å². The normalized spacial score (nSPS) is 11.3. The molecule has 3 rings (SSSR count). The molecule has 25 heavy (non-hydrogen) atoms. The summed E-state index contributed by atoms with van der Waals surface area (Å²) in [6.07, 6.45) is 0. The van der Waals surface area contributed by atoms with Crippen LogP contribution in [0.2, 0.25) is 0 Å². The number of nitrogens with zero attached hydrogens (tertiary/aromatic N) is 1. The lowest BCUT2D eigenvalue weighted by molar-refractivity contribution is 0.0600. The van der Waals surface area contributed by atoms with E-state index < -0.39 is 16.0 Å². The van der Waals surface area contributed by atoms with Crippen molar-refractivity contribution in [3.63, 3.8) is 0 Å². The summed E-state index contributed by atoms with van der Waals surface area (Å²) in [7, 11) is -1.55. The molecule has 0 unspecified atom stereocenters. The van der Waals surface area contributed by atoms with Crippen LogP contribution < -0.4 is 9.46 Å². The average molecular weight is 362 g/mol. The molecule has 0 spiro atoms. The second kappa shape index (κ2) is 6.44. The zero-order valence-electron chi connectivity index (χ0n) is 13.3. The van der Waals surface area contributed by atoms with E-state index in [0.29, 0.717) is 11.0 Å². The van der Waals surface area contributed by atoms with Crippen molar-refractivity contribution in [1.82, 2.24) is 5.16 Å². The van der Waals surface area contributed by atoms with E-state index in [-0.39, 0.29) is 22.0 Å². The van der Waals surface area contributed by atoms with E-state index in [0.717, 1.165) is 0 Å². The van der Waals surface area contributed by atoms with Crippen molar-refractivity contribution < 1.29 is 27.2 Å². The summed E-state index contributed by atoms with van der Waals surface area (Å²) in [5, 5.41) is 4.25. The van der Waals surface area contributed by atoms with Crippen LogP contribution in [0.25, 0.3) is 11.0 Å². The molecule has 3 aromatic rings. The summed E-state index contributed by atoms with van der Waals surface area (Å²) in [4.78, 5) is 11.5. The first-order valence-corrected chi connectivity index (χ1v) is 8.58. The number of esters is 1. The third-order valence-corrected chi connectivity index (χ3v) is 4.84. The molecule has 0 aliphatic heterocycles. The lowest BCUT2D eigenvalue weighted by Crippen LogP contribution is -2.15. The van der Waals surface area contributed by atoms with Crippen LogP contribution in [0.4, 0.5) is 5.82 Å². The van der Waals surface area contributed by atoms with Gasteiger partial charge in [-0.2, -0.15) is 0 Å². The Morgan fingerprint density at radius 3 is 2.64 bits per heavy atom. The number of hydrogen-bond acceptors (Lipinski definition) is 7. The summed E-state index contributed by atoms with van der Waals surface area (Å²) in [5.41, 5.74) is 0.518. The van der Waals surface area contributed by atoms with Crippen molar-refractivity contribution >= 4 is 32.8 Å². The highest BCUT2D eigenvalue weighted by atomic mass is 32.2. The standard InChI is InChI=1S/C16H14N2O6S/c1-22-13-8-7-10(16(19)23-2)9-14(13)25(20,21)18-15-11-5-3-4-6-12(11)24-17-15/h3-9H,1-2H3,(H,17,18). The molecule has 9 heteroatoms. The quantitative estimate of drug-likeness (QED) is 0.694. The Morgan fingerprint density at radius 1 is 1.16 bits per heavy atom. The number of para-hydroxylation sites is 1. The van der Waals surface area contributed by atoms with E-state index in [1.807, 2.05) is 0 Å². The van der Waals surface area contributed by atoms with Gasteiger partial charge in [-0.05, 0) is 30.3 Å². The molecule has 0 saturated carbocycles. The van der Waals surface area contributed by atoms with Crippen LogP contribution in [0.5, 0.6) is 5.75 Å².